The molecule has 1 N–H and O–H groups in total. The number of nitrogens with zero attached hydrogens (tertiary/aromatic N) is 2. The number of hydrogen-bond donors (Lipinski definition) is 1. The zero-order valence-corrected chi connectivity index (χ0v) is 10.0. The summed E-state index contributed by atoms with van der Waals surface area (Å²) >= 11 is 0. The highest BCUT2D eigenvalue weighted by atomic mass is 16.7. The molecule has 0 atom stereocenters. The summed E-state index contributed by atoms with van der Waals surface area (Å²) in [5.41, 5.74) is 3.23. The number of hydrogen-bond acceptors (Lipinski definition) is 4. The summed E-state index contributed by atoms with van der Waals surface area (Å²) in [6, 6.07) is 9.79. The van der Waals surface area contributed by atoms with Crippen LogP contribution in [0.1, 0.15) is 0 Å². The molecule has 0 radical (unpaired) electrons. The molecular formula is C14H11N3O2. The second kappa shape index (κ2) is 3.91. The number of nitrogens with one attached hydrogen (secondary N) is 1. The summed E-state index contributed by atoms with van der Waals surface area (Å²) in [6.45, 7) is 0.277. The summed E-state index contributed by atoms with van der Waals surface area (Å²) in [5, 5.41) is 2.06. The highest BCUT2D eigenvalue weighted by Gasteiger charge is 2.15. The molecule has 94 valence electrons. The average molecular weight is 253 g/mol. The van der Waals surface area contributed by atoms with Gasteiger partial charge in [-0.1, -0.05) is 0 Å². The minimum absolute atomic E-state index is 0.277. The molecule has 3 heterocycles. The van der Waals surface area contributed by atoms with E-state index in [2.05, 4.69) is 10.4 Å². The van der Waals surface area contributed by atoms with Crippen LogP contribution in [0.25, 0.3) is 10.8 Å². The third-order valence-electron chi connectivity index (χ3n) is 3.10. The van der Waals surface area contributed by atoms with Gasteiger partial charge in [0.15, 0.2) is 17.3 Å². The van der Waals surface area contributed by atoms with Crippen LogP contribution in [0.3, 0.4) is 0 Å². The van der Waals surface area contributed by atoms with Crippen LogP contribution >= 0.6 is 0 Å². The number of ether oxygens (including phenoxy) is 2. The molecule has 0 saturated heterocycles. The first-order chi connectivity index (χ1) is 9.40. The lowest BCUT2D eigenvalue weighted by molar-refractivity contribution is 0.174. The Morgan fingerprint density at radius 3 is 2.74 bits per heavy atom. The van der Waals surface area contributed by atoms with Crippen LogP contribution in [-0.4, -0.2) is 16.5 Å². The molecule has 0 fully saturated rings. The Morgan fingerprint density at radius 2 is 1.89 bits per heavy atom. The van der Waals surface area contributed by atoms with E-state index in [0.717, 1.165) is 28.1 Å². The van der Waals surface area contributed by atoms with E-state index < -0.39 is 0 Å². The molecule has 5 nitrogen and oxygen atoms in total. The maximum absolute atomic E-state index is 5.41. The number of benzene rings is 1. The van der Waals surface area contributed by atoms with E-state index in [1.54, 1.807) is 6.20 Å². The van der Waals surface area contributed by atoms with Crippen molar-refractivity contribution < 1.29 is 9.47 Å². The van der Waals surface area contributed by atoms with Crippen molar-refractivity contribution in [2.75, 3.05) is 12.2 Å². The Bertz CT molecular complexity index is 738. The summed E-state index contributed by atoms with van der Waals surface area (Å²) in [5.74, 6) is 2.33. The third-order valence-corrected chi connectivity index (χ3v) is 3.10. The molecule has 0 amide bonds. The van der Waals surface area contributed by atoms with Gasteiger partial charge >= 0.3 is 0 Å². The summed E-state index contributed by atoms with van der Waals surface area (Å²) in [6.07, 6.45) is 5.62. The quantitative estimate of drug-likeness (QED) is 0.762. The molecule has 3 aromatic rings. The number of fused-ring (bicyclic) bond motifs is 2. The highest BCUT2D eigenvalue weighted by molar-refractivity contribution is 5.94. The third kappa shape index (κ3) is 1.67. The van der Waals surface area contributed by atoms with E-state index in [9.17, 15) is 0 Å². The minimum atomic E-state index is 0.277. The smallest absolute Gasteiger partial charge is 0.231 e. The molecule has 5 heteroatoms. The highest BCUT2D eigenvalue weighted by Crippen LogP contribution is 2.37. The SMILES string of the molecule is c1ccn(Nc2nccc3cc4c(cc23)OCO4)c1. The van der Waals surface area contributed by atoms with Gasteiger partial charge in [0.25, 0.3) is 0 Å². The van der Waals surface area contributed by atoms with Crippen LogP contribution in [0.2, 0.25) is 0 Å². The summed E-state index contributed by atoms with van der Waals surface area (Å²) < 4.78 is 12.6. The molecule has 0 saturated carbocycles. The van der Waals surface area contributed by atoms with E-state index in [4.69, 9.17) is 9.47 Å². The van der Waals surface area contributed by atoms with Crippen LogP contribution in [0, 0.1) is 0 Å². The zero-order chi connectivity index (χ0) is 12.7. The molecule has 2 aromatic heterocycles. The van der Waals surface area contributed by atoms with Crippen molar-refractivity contribution in [1.82, 2.24) is 9.66 Å². The van der Waals surface area contributed by atoms with Gasteiger partial charge < -0.3 is 9.47 Å². The molecule has 1 aromatic carbocycles. The lowest BCUT2D eigenvalue weighted by Gasteiger charge is -2.10. The summed E-state index contributed by atoms with van der Waals surface area (Å²) in [7, 11) is 0. The molecule has 1 aliphatic heterocycles. The van der Waals surface area contributed by atoms with Crippen molar-refractivity contribution >= 4 is 16.6 Å². The Balaban J connectivity index is 1.86. The van der Waals surface area contributed by atoms with Crippen LogP contribution in [0.4, 0.5) is 5.82 Å². The van der Waals surface area contributed by atoms with Gasteiger partial charge in [-0.15, -0.1) is 0 Å². The van der Waals surface area contributed by atoms with Crippen LogP contribution in [0.5, 0.6) is 11.5 Å². The van der Waals surface area contributed by atoms with Gasteiger partial charge in [0.2, 0.25) is 6.79 Å². The number of rotatable bonds is 2. The fourth-order valence-corrected chi connectivity index (χ4v) is 2.18. The van der Waals surface area contributed by atoms with Crippen molar-refractivity contribution in [3.05, 3.63) is 48.9 Å². The van der Waals surface area contributed by atoms with Crippen molar-refractivity contribution in [2.45, 2.75) is 0 Å². The lowest BCUT2D eigenvalue weighted by atomic mass is 10.1. The van der Waals surface area contributed by atoms with E-state index in [1.165, 1.54) is 0 Å². The topological polar surface area (TPSA) is 48.3 Å². The first kappa shape index (κ1) is 10.3. The van der Waals surface area contributed by atoms with Gasteiger partial charge in [-0.25, -0.2) is 4.98 Å². The van der Waals surface area contributed by atoms with E-state index in [-0.39, 0.29) is 6.79 Å². The fraction of sp³-hybridized carbons (Fsp3) is 0.0714. The van der Waals surface area contributed by atoms with Crippen molar-refractivity contribution in [3.8, 4) is 11.5 Å². The molecule has 0 unspecified atom stereocenters. The van der Waals surface area contributed by atoms with Gasteiger partial charge in [0, 0.05) is 24.0 Å². The number of anilines is 1. The number of pyridine rings is 1. The van der Waals surface area contributed by atoms with Crippen molar-refractivity contribution in [3.63, 3.8) is 0 Å². The van der Waals surface area contributed by atoms with Crippen LogP contribution in [-0.2, 0) is 0 Å². The average Bonchev–Trinajstić information content (AvgIpc) is 3.07. The predicted octanol–water partition coefficient (Wildman–Crippen LogP) is 2.64. The number of aromatic nitrogens is 2. The zero-order valence-electron chi connectivity index (χ0n) is 10.0. The molecular weight excluding hydrogens is 242 g/mol. The standard InChI is InChI=1S/C14H11N3O2/c1-2-6-17(5-1)16-14-11-8-13-12(18-9-19-13)7-10(11)3-4-15-14/h1-8H,9H2,(H,15,16). The van der Waals surface area contributed by atoms with Gasteiger partial charge in [0.05, 0.1) is 0 Å². The first-order valence-corrected chi connectivity index (χ1v) is 5.98. The predicted molar refractivity (Wildman–Crippen MR) is 71.3 cm³/mol. The summed E-state index contributed by atoms with van der Waals surface area (Å²) in [4.78, 5) is 4.38. The van der Waals surface area contributed by atoms with Gasteiger partial charge in [-0.3, -0.25) is 10.1 Å². The molecule has 0 spiro atoms. The monoisotopic (exact) mass is 253 g/mol. The van der Waals surface area contributed by atoms with Gasteiger partial charge in [0.1, 0.15) is 0 Å². The molecule has 4 rings (SSSR count). The van der Waals surface area contributed by atoms with Crippen LogP contribution < -0.4 is 14.9 Å². The Labute approximate surface area is 109 Å². The largest absolute Gasteiger partial charge is 0.454 e. The minimum Gasteiger partial charge on any atom is -0.454 e. The van der Waals surface area contributed by atoms with Crippen LogP contribution in [0.15, 0.2) is 48.9 Å². The van der Waals surface area contributed by atoms with Crippen molar-refractivity contribution in [2.24, 2.45) is 0 Å². The first-order valence-electron chi connectivity index (χ1n) is 5.98. The molecule has 1 aliphatic rings. The second-order valence-electron chi connectivity index (χ2n) is 4.29. The van der Waals surface area contributed by atoms with E-state index >= 15 is 0 Å². The van der Waals surface area contributed by atoms with E-state index in [1.807, 2.05) is 47.4 Å². The molecule has 0 bridgehead atoms. The second-order valence-corrected chi connectivity index (χ2v) is 4.29. The van der Waals surface area contributed by atoms with Gasteiger partial charge in [-0.05, 0) is 35.7 Å². The normalized spacial score (nSPS) is 12.8. The van der Waals surface area contributed by atoms with E-state index in [0.29, 0.717) is 0 Å². The lowest BCUT2D eigenvalue weighted by Crippen LogP contribution is -2.07. The maximum Gasteiger partial charge on any atom is 0.231 e. The maximum atomic E-state index is 5.41. The Hall–Kier alpha value is -2.69. The molecule has 19 heavy (non-hydrogen) atoms. The fourth-order valence-electron chi connectivity index (χ4n) is 2.18. The van der Waals surface area contributed by atoms with Crippen molar-refractivity contribution in [1.29, 1.82) is 0 Å². The van der Waals surface area contributed by atoms with Gasteiger partial charge in [-0.2, -0.15) is 0 Å². The Kier molecular flexibility index (Phi) is 2.11. The molecule has 0 aliphatic carbocycles. The Morgan fingerprint density at radius 1 is 1.11 bits per heavy atom.